The van der Waals surface area contributed by atoms with Crippen LogP contribution in [-0.4, -0.2) is 14.3 Å². The Labute approximate surface area is 92.1 Å². The molecule has 1 aromatic rings. The topological polar surface area (TPSA) is 86.2 Å². The molecular weight excluding hydrogens is 238 g/mol. The van der Waals surface area contributed by atoms with Gasteiger partial charge in [-0.15, -0.1) is 0 Å². The van der Waals surface area contributed by atoms with Gasteiger partial charge in [0.2, 0.25) is 0 Å². The van der Waals surface area contributed by atoms with Crippen molar-refractivity contribution in [2.75, 3.05) is 0 Å². The smallest absolute Gasteiger partial charge is 0.288 e. The molecule has 1 heterocycles. The third-order valence-corrected chi connectivity index (χ3v) is 3.34. The molecule has 0 aliphatic carbocycles. The van der Waals surface area contributed by atoms with Crippen LogP contribution in [0.15, 0.2) is 24.3 Å². The van der Waals surface area contributed by atoms with E-state index in [1.54, 1.807) is 24.3 Å². The lowest BCUT2D eigenvalue weighted by Crippen LogP contribution is -2.76. The van der Waals surface area contributed by atoms with Crippen LogP contribution < -0.4 is 14.9 Å². The minimum atomic E-state index is -3.50. The number of benzene rings is 1. The quantitative estimate of drug-likeness (QED) is 0.574. The molecule has 0 saturated carbocycles. The number of hydrogen-bond donors (Lipinski definition) is 3. The Balaban J connectivity index is 2.35. The van der Waals surface area contributed by atoms with Crippen molar-refractivity contribution in [1.29, 1.82) is 0 Å². The third kappa shape index (κ3) is 2.11. The van der Waals surface area contributed by atoms with Gasteiger partial charge in [-0.25, -0.2) is 0 Å². The zero-order chi connectivity index (χ0) is 11.1. The number of amidine groups is 1. The molecule has 0 bridgehead atoms. The van der Waals surface area contributed by atoms with Gasteiger partial charge in [-0.3, -0.25) is 5.73 Å². The minimum Gasteiger partial charge on any atom is -0.288 e. The molecule has 7 heteroatoms. The Morgan fingerprint density at radius 2 is 1.93 bits per heavy atom. The Morgan fingerprint density at radius 1 is 1.33 bits per heavy atom. The van der Waals surface area contributed by atoms with E-state index in [4.69, 9.17) is 17.3 Å². The molecule has 15 heavy (non-hydrogen) atoms. The van der Waals surface area contributed by atoms with E-state index in [-0.39, 0.29) is 5.84 Å². The summed E-state index contributed by atoms with van der Waals surface area (Å²) in [6.07, 6.45) is 0. The molecule has 1 aliphatic heterocycles. The fourth-order valence-electron chi connectivity index (χ4n) is 1.37. The average molecular weight is 247 g/mol. The van der Waals surface area contributed by atoms with Gasteiger partial charge in [0.25, 0.3) is 5.84 Å². The van der Waals surface area contributed by atoms with Gasteiger partial charge in [-0.1, -0.05) is 23.7 Å². The van der Waals surface area contributed by atoms with Gasteiger partial charge in [-0.2, -0.15) is 17.5 Å². The fraction of sp³-hybridized carbons (Fsp3) is 0.125. The summed E-state index contributed by atoms with van der Waals surface area (Å²) in [7, 11) is -3.50. The summed E-state index contributed by atoms with van der Waals surface area (Å²) in [5, 5.41) is 0.589. The van der Waals surface area contributed by atoms with Crippen molar-refractivity contribution in [3.8, 4) is 0 Å². The highest BCUT2D eigenvalue weighted by atomic mass is 35.5. The summed E-state index contributed by atoms with van der Waals surface area (Å²) in [6, 6.07) is 6.26. The molecule has 5 nitrogen and oxygen atoms in total. The highest BCUT2D eigenvalue weighted by Gasteiger charge is 2.34. The summed E-state index contributed by atoms with van der Waals surface area (Å²) >= 11 is 5.72. The minimum absolute atomic E-state index is 0.164. The van der Waals surface area contributed by atoms with E-state index < -0.39 is 16.3 Å². The Kier molecular flexibility index (Phi) is 2.41. The second-order valence-corrected chi connectivity index (χ2v) is 5.05. The first-order valence-corrected chi connectivity index (χ1v) is 6.02. The van der Waals surface area contributed by atoms with Gasteiger partial charge >= 0.3 is 10.2 Å². The molecule has 0 saturated heterocycles. The van der Waals surface area contributed by atoms with Crippen LogP contribution >= 0.6 is 11.6 Å². The van der Waals surface area contributed by atoms with Crippen molar-refractivity contribution < 1.29 is 12.8 Å². The molecule has 0 spiro atoms. The van der Waals surface area contributed by atoms with Gasteiger partial charge in [0.05, 0.1) is 0 Å². The zero-order valence-corrected chi connectivity index (χ0v) is 9.14. The predicted molar refractivity (Wildman–Crippen MR) is 56.4 cm³/mol. The molecule has 0 aromatic heterocycles. The third-order valence-electron chi connectivity index (χ3n) is 2.04. The highest BCUT2D eigenvalue weighted by molar-refractivity contribution is 7.83. The van der Waals surface area contributed by atoms with Crippen molar-refractivity contribution in [1.82, 2.24) is 4.72 Å². The first kappa shape index (κ1) is 10.4. The van der Waals surface area contributed by atoms with Gasteiger partial charge in [0.1, 0.15) is 0 Å². The molecule has 1 atom stereocenters. The fourth-order valence-corrected chi connectivity index (χ4v) is 2.55. The SMILES string of the molecule is NC1=[NH+]S(=O)(=O)N[C@@H]1c1ccc(Cl)cc1. The van der Waals surface area contributed by atoms with Crippen molar-refractivity contribution >= 4 is 27.6 Å². The lowest BCUT2D eigenvalue weighted by molar-refractivity contribution is -0.265. The van der Waals surface area contributed by atoms with E-state index in [1.807, 2.05) is 0 Å². The van der Waals surface area contributed by atoms with Crippen LogP contribution in [0.5, 0.6) is 0 Å². The van der Waals surface area contributed by atoms with Crippen LogP contribution in [-0.2, 0) is 10.2 Å². The van der Waals surface area contributed by atoms with Crippen molar-refractivity contribution in [2.24, 2.45) is 5.73 Å². The second-order valence-electron chi connectivity index (χ2n) is 3.16. The van der Waals surface area contributed by atoms with E-state index >= 15 is 0 Å². The van der Waals surface area contributed by atoms with Crippen LogP contribution in [0.4, 0.5) is 0 Å². The first-order valence-electron chi connectivity index (χ1n) is 4.16. The predicted octanol–water partition coefficient (Wildman–Crippen LogP) is -1.33. The molecule has 0 unspecified atom stereocenters. The van der Waals surface area contributed by atoms with Gasteiger partial charge in [0.15, 0.2) is 6.04 Å². The summed E-state index contributed by atoms with van der Waals surface area (Å²) in [5.74, 6) is 0.164. The monoisotopic (exact) mass is 246 g/mol. The maximum atomic E-state index is 11.1. The standard InChI is InChI=1S/C8H8ClN3O2S/c9-6-3-1-5(2-4-6)7-8(10)12-15(13,14)11-7/h1-4,7,11H,(H2,10,12)/p+1/t7-/m1/s1. The normalized spacial score (nSPS) is 23.8. The van der Waals surface area contributed by atoms with Crippen molar-refractivity contribution in [3.05, 3.63) is 34.9 Å². The van der Waals surface area contributed by atoms with Gasteiger partial charge < -0.3 is 0 Å². The average Bonchev–Trinajstić information content (AvgIpc) is 2.41. The maximum Gasteiger partial charge on any atom is 0.371 e. The molecule has 2 rings (SSSR count). The Hall–Kier alpha value is -1.11. The van der Waals surface area contributed by atoms with Crippen molar-refractivity contribution in [3.63, 3.8) is 0 Å². The van der Waals surface area contributed by atoms with Gasteiger partial charge in [0, 0.05) is 5.02 Å². The summed E-state index contributed by atoms with van der Waals surface area (Å²) in [6.45, 7) is 0. The van der Waals surface area contributed by atoms with Crippen LogP contribution in [0.1, 0.15) is 11.6 Å². The summed E-state index contributed by atoms with van der Waals surface area (Å²) in [4.78, 5) is 0. The first-order chi connectivity index (χ1) is 6.98. The molecule has 0 fully saturated rings. The number of nitrogens with two attached hydrogens (primary N) is 1. The highest BCUT2D eigenvalue weighted by Crippen LogP contribution is 2.17. The van der Waals surface area contributed by atoms with E-state index in [0.717, 1.165) is 5.56 Å². The lowest BCUT2D eigenvalue weighted by Gasteiger charge is -2.05. The van der Waals surface area contributed by atoms with E-state index in [0.29, 0.717) is 5.02 Å². The molecule has 4 N–H and O–H groups in total. The molecule has 1 aromatic carbocycles. The summed E-state index contributed by atoms with van der Waals surface area (Å²) in [5.41, 5.74) is 6.30. The van der Waals surface area contributed by atoms with Crippen LogP contribution in [0, 0.1) is 0 Å². The van der Waals surface area contributed by atoms with E-state index in [1.165, 1.54) is 0 Å². The summed E-state index contributed by atoms with van der Waals surface area (Å²) < 4.78 is 26.8. The van der Waals surface area contributed by atoms with Gasteiger partial charge in [-0.05, 0) is 17.7 Å². The molecule has 0 amide bonds. The van der Waals surface area contributed by atoms with E-state index in [9.17, 15) is 8.42 Å². The largest absolute Gasteiger partial charge is 0.371 e. The molecule has 1 aliphatic rings. The maximum absolute atomic E-state index is 11.1. The van der Waals surface area contributed by atoms with Crippen LogP contribution in [0.25, 0.3) is 0 Å². The second kappa shape index (κ2) is 3.48. The molecule has 0 radical (unpaired) electrons. The number of hydrogen-bond acceptors (Lipinski definition) is 3. The molecule has 80 valence electrons. The molecular formula is C8H9ClN3O2S+. The van der Waals surface area contributed by atoms with Crippen LogP contribution in [0.3, 0.4) is 0 Å². The zero-order valence-electron chi connectivity index (χ0n) is 7.57. The lowest BCUT2D eigenvalue weighted by atomic mass is 10.1. The number of nitrogens with one attached hydrogen (secondary N) is 2. The number of rotatable bonds is 1. The van der Waals surface area contributed by atoms with E-state index in [2.05, 4.69) is 9.12 Å². The van der Waals surface area contributed by atoms with Crippen molar-refractivity contribution in [2.45, 2.75) is 6.04 Å². The Bertz CT molecular complexity index is 509. The van der Waals surface area contributed by atoms with Crippen LogP contribution in [0.2, 0.25) is 5.02 Å². The Morgan fingerprint density at radius 3 is 2.40 bits per heavy atom. The number of halogens is 1.